The van der Waals surface area contributed by atoms with E-state index in [4.69, 9.17) is 5.73 Å². The zero-order valence-corrected chi connectivity index (χ0v) is 10.7. The second-order valence-corrected chi connectivity index (χ2v) is 4.63. The van der Waals surface area contributed by atoms with Crippen molar-refractivity contribution in [1.29, 1.82) is 0 Å². The highest BCUT2D eigenvalue weighted by molar-refractivity contribution is 9.10. The molecule has 0 aromatic heterocycles. The van der Waals surface area contributed by atoms with Crippen LogP contribution in [-0.2, 0) is 0 Å². The van der Waals surface area contributed by atoms with Gasteiger partial charge < -0.3 is 5.73 Å². The Bertz CT molecular complexity index is 323. The van der Waals surface area contributed by atoms with Crippen LogP contribution in [0.4, 0.5) is 4.39 Å². The second-order valence-electron chi connectivity index (χ2n) is 3.78. The molecular weight excluding hydrogens is 257 g/mol. The van der Waals surface area contributed by atoms with Gasteiger partial charge in [0.05, 0.1) is 4.47 Å². The van der Waals surface area contributed by atoms with Crippen molar-refractivity contribution in [2.24, 2.45) is 11.7 Å². The zero-order chi connectivity index (χ0) is 11.4. The van der Waals surface area contributed by atoms with Crippen molar-refractivity contribution >= 4 is 15.9 Å². The third kappa shape index (κ3) is 3.02. The predicted octanol–water partition coefficient (Wildman–Crippen LogP) is 4.02. The van der Waals surface area contributed by atoms with Crippen molar-refractivity contribution in [3.05, 3.63) is 34.1 Å². The van der Waals surface area contributed by atoms with Gasteiger partial charge in [-0.05, 0) is 39.5 Å². The standard InChI is InChI=1S/C12H17BrFN/c1-3-8(4-2)12(15)9-5-6-11(14)10(13)7-9/h5-8,12H,3-4,15H2,1-2H3. The first-order chi connectivity index (χ1) is 7.10. The molecule has 2 N–H and O–H groups in total. The SMILES string of the molecule is CCC(CC)C(N)c1ccc(F)c(Br)c1. The van der Waals surface area contributed by atoms with E-state index in [0.29, 0.717) is 10.4 Å². The van der Waals surface area contributed by atoms with Crippen molar-refractivity contribution in [1.82, 2.24) is 0 Å². The van der Waals surface area contributed by atoms with Gasteiger partial charge in [-0.3, -0.25) is 0 Å². The van der Waals surface area contributed by atoms with Crippen molar-refractivity contribution in [3.63, 3.8) is 0 Å². The number of rotatable bonds is 4. The van der Waals surface area contributed by atoms with Crippen molar-refractivity contribution in [2.75, 3.05) is 0 Å². The van der Waals surface area contributed by atoms with Crippen LogP contribution in [0.2, 0.25) is 0 Å². The molecule has 84 valence electrons. The fourth-order valence-electron chi connectivity index (χ4n) is 1.79. The van der Waals surface area contributed by atoms with Crippen LogP contribution in [0.15, 0.2) is 22.7 Å². The van der Waals surface area contributed by atoms with Crippen LogP contribution >= 0.6 is 15.9 Å². The van der Waals surface area contributed by atoms with Crippen LogP contribution in [0.1, 0.15) is 38.3 Å². The third-order valence-electron chi connectivity index (χ3n) is 2.89. The predicted molar refractivity (Wildman–Crippen MR) is 65.1 cm³/mol. The molecule has 1 atom stereocenters. The van der Waals surface area contributed by atoms with Gasteiger partial charge in [0.15, 0.2) is 0 Å². The van der Waals surface area contributed by atoms with E-state index in [1.165, 1.54) is 6.07 Å². The fourth-order valence-corrected chi connectivity index (χ4v) is 2.18. The first-order valence-electron chi connectivity index (χ1n) is 5.30. The van der Waals surface area contributed by atoms with Crippen LogP contribution in [0.3, 0.4) is 0 Å². The molecule has 0 bridgehead atoms. The number of halogens is 2. The van der Waals surface area contributed by atoms with E-state index < -0.39 is 0 Å². The number of hydrogen-bond donors (Lipinski definition) is 1. The second kappa shape index (κ2) is 5.61. The molecule has 1 rings (SSSR count). The molecule has 0 saturated heterocycles. The minimum absolute atomic E-state index is 0.00287. The Balaban J connectivity index is 2.90. The van der Waals surface area contributed by atoms with E-state index in [-0.39, 0.29) is 11.9 Å². The number of benzene rings is 1. The van der Waals surface area contributed by atoms with Gasteiger partial charge in [-0.15, -0.1) is 0 Å². The largest absolute Gasteiger partial charge is 0.324 e. The third-order valence-corrected chi connectivity index (χ3v) is 3.49. The fraction of sp³-hybridized carbons (Fsp3) is 0.500. The lowest BCUT2D eigenvalue weighted by molar-refractivity contribution is 0.405. The summed E-state index contributed by atoms with van der Waals surface area (Å²) in [5, 5.41) is 0. The first-order valence-corrected chi connectivity index (χ1v) is 6.10. The lowest BCUT2D eigenvalue weighted by atomic mass is 9.90. The molecular formula is C12H17BrFN. The first kappa shape index (κ1) is 12.7. The van der Waals surface area contributed by atoms with Crippen LogP contribution in [-0.4, -0.2) is 0 Å². The number of hydrogen-bond acceptors (Lipinski definition) is 1. The average molecular weight is 274 g/mol. The molecule has 1 unspecified atom stereocenters. The van der Waals surface area contributed by atoms with Crippen molar-refractivity contribution in [2.45, 2.75) is 32.7 Å². The molecule has 3 heteroatoms. The van der Waals surface area contributed by atoms with Gasteiger partial charge in [0.1, 0.15) is 5.82 Å². The highest BCUT2D eigenvalue weighted by Gasteiger charge is 2.16. The summed E-state index contributed by atoms with van der Waals surface area (Å²) in [4.78, 5) is 0. The van der Waals surface area contributed by atoms with Gasteiger partial charge in [0.2, 0.25) is 0 Å². The Kier molecular flexibility index (Phi) is 4.74. The average Bonchev–Trinajstić information content (AvgIpc) is 2.23. The molecule has 1 aromatic carbocycles. The highest BCUT2D eigenvalue weighted by atomic mass is 79.9. The lowest BCUT2D eigenvalue weighted by Crippen LogP contribution is -2.20. The molecule has 0 saturated carbocycles. The lowest BCUT2D eigenvalue weighted by Gasteiger charge is -2.21. The molecule has 0 spiro atoms. The minimum Gasteiger partial charge on any atom is -0.324 e. The quantitative estimate of drug-likeness (QED) is 0.881. The van der Waals surface area contributed by atoms with E-state index in [0.717, 1.165) is 18.4 Å². The summed E-state index contributed by atoms with van der Waals surface area (Å²) >= 11 is 3.18. The molecule has 0 aliphatic carbocycles. The van der Waals surface area contributed by atoms with Gasteiger partial charge in [-0.25, -0.2) is 4.39 Å². The molecule has 0 fully saturated rings. The van der Waals surface area contributed by atoms with Crippen LogP contribution in [0.25, 0.3) is 0 Å². The summed E-state index contributed by atoms with van der Waals surface area (Å²) in [7, 11) is 0. The van der Waals surface area contributed by atoms with Crippen LogP contribution < -0.4 is 5.73 Å². The summed E-state index contributed by atoms with van der Waals surface area (Å²) in [6.45, 7) is 4.26. The van der Waals surface area contributed by atoms with Crippen molar-refractivity contribution < 1.29 is 4.39 Å². The van der Waals surface area contributed by atoms with E-state index >= 15 is 0 Å². The van der Waals surface area contributed by atoms with Gasteiger partial charge in [-0.1, -0.05) is 32.8 Å². The van der Waals surface area contributed by atoms with Gasteiger partial charge in [-0.2, -0.15) is 0 Å². The van der Waals surface area contributed by atoms with E-state index in [9.17, 15) is 4.39 Å². The zero-order valence-electron chi connectivity index (χ0n) is 9.13. The molecule has 0 radical (unpaired) electrons. The molecule has 1 aromatic rings. The maximum Gasteiger partial charge on any atom is 0.137 e. The summed E-state index contributed by atoms with van der Waals surface area (Å²) in [5.41, 5.74) is 7.13. The van der Waals surface area contributed by atoms with Gasteiger partial charge in [0, 0.05) is 6.04 Å². The van der Waals surface area contributed by atoms with Gasteiger partial charge >= 0.3 is 0 Å². The molecule has 1 nitrogen and oxygen atoms in total. The monoisotopic (exact) mass is 273 g/mol. The summed E-state index contributed by atoms with van der Waals surface area (Å²) in [5.74, 6) is 0.220. The smallest absolute Gasteiger partial charge is 0.137 e. The van der Waals surface area contributed by atoms with Crippen LogP contribution in [0.5, 0.6) is 0 Å². The van der Waals surface area contributed by atoms with E-state index in [2.05, 4.69) is 29.8 Å². The molecule has 0 aliphatic rings. The topological polar surface area (TPSA) is 26.0 Å². The van der Waals surface area contributed by atoms with Crippen LogP contribution in [0, 0.1) is 11.7 Å². The maximum atomic E-state index is 13.0. The Labute approximate surface area is 99.0 Å². The Morgan fingerprint density at radius 1 is 1.33 bits per heavy atom. The minimum atomic E-state index is -0.240. The molecule has 0 amide bonds. The Hall–Kier alpha value is -0.410. The summed E-state index contributed by atoms with van der Waals surface area (Å²) in [6, 6.07) is 5.00. The Morgan fingerprint density at radius 3 is 2.40 bits per heavy atom. The van der Waals surface area contributed by atoms with E-state index in [1.54, 1.807) is 12.1 Å². The Morgan fingerprint density at radius 2 is 1.93 bits per heavy atom. The molecule has 0 aliphatic heterocycles. The van der Waals surface area contributed by atoms with Gasteiger partial charge in [0.25, 0.3) is 0 Å². The summed E-state index contributed by atoms with van der Waals surface area (Å²) in [6.07, 6.45) is 2.10. The van der Waals surface area contributed by atoms with E-state index in [1.807, 2.05) is 0 Å². The maximum absolute atomic E-state index is 13.0. The molecule has 0 heterocycles. The highest BCUT2D eigenvalue weighted by Crippen LogP contribution is 2.27. The molecule has 15 heavy (non-hydrogen) atoms. The van der Waals surface area contributed by atoms with Crippen molar-refractivity contribution in [3.8, 4) is 0 Å². The number of nitrogens with two attached hydrogens (primary N) is 1. The normalized spacial score (nSPS) is 13.2. The summed E-state index contributed by atoms with van der Waals surface area (Å²) < 4.78 is 13.5.